The SMILES string of the molecule is O=C(CCCC(=O)OCC(=O)Nc1ccc(Br)cc1Cl)Nc1ccc(Cl)cc1. The summed E-state index contributed by atoms with van der Waals surface area (Å²) in [6.07, 6.45) is 0.483. The van der Waals surface area contributed by atoms with Crippen molar-refractivity contribution in [3.8, 4) is 0 Å². The molecule has 0 fully saturated rings. The Balaban J connectivity index is 1.64. The van der Waals surface area contributed by atoms with Gasteiger partial charge in [0.15, 0.2) is 6.61 Å². The molecule has 0 heterocycles. The smallest absolute Gasteiger partial charge is 0.306 e. The third kappa shape index (κ3) is 7.88. The minimum atomic E-state index is -0.559. The van der Waals surface area contributed by atoms with Crippen LogP contribution in [0.2, 0.25) is 10.0 Å². The third-order valence-electron chi connectivity index (χ3n) is 3.48. The Hall–Kier alpha value is -2.09. The number of carbonyl (C=O) groups is 3. The van der Waals surface area contributed by atoms with E-state index in [-0.39, 0.29) is 18.7 Å². The number of hydrogen-bond donors (Lipinski definition) is 2. The summed E-state index contributed by atoms with van der Waals surface area (Å²) in [5.41, 5.74) is 1.05. The number of ether oxygens (including phenoxy) is 1. The fourth-order valence-electron chi connectivity index (χ4n) is 2.15. The summed E-state index contributed by atoms with van der Waals surface area (Å²) in [4.78, 5) is 35.4. The third-order valence-corrected chi connectivity index (χ3v) is 4.54. The predicted molar refractivity (Wildman–Crippen MR) is 113 cm³/mol. The highest BCUT2D eigenvalue weighted by Gasteiger charge is 2.11. The van der Waals surface area contributed by atoms with Crippen LogP contribution in [-0.4, -0.2) is 24.4 Å². The van der Waals surface area contributed by atoms with Crippen LogP contribution in [0.4, 0.5) is 11.4 Å². The highest BCUT2D eigenvalue weighted by Crippen LogP contribution is 2.25. The first-order valence-electron chi connectivity index (χ1n) is 8.29. The van der Waals surface area contributed by atoms with Crippen molar-refractivity contribution < 1.29 is 19.1 Å². The number of hydrogen-bond acceptors (Lipinski definition) is 4. The first kappa shape index (κ1) is 22.2. The zero-order chi connectivity index (χ0) is 20.5. The Morgan fingerprint density at radius 1 is 0.929 bits per heavy atom. The van der Waals surface area contributed by atoms with E-state index in [1.54, 1.807) is 42.5 Å². The molecule has 2 rings (SSSR count). The summed E-state index contributed by atoms with van der Waals surface area (Å²) in [6.45, 7) is -0.428. The fraction of sp³-hybridized carbons (Fsp3) is 0.211. The molecule has 0 spiro atoms. The van der Waals surface area contributed by atoms with Gasteiger partial charge in [-0.05, 0) is 48.9 Å². The van der Waals surface area contributed by atoms with Crippen LogP contribution >= 0.6 is 39.1 Å². The number of carbonyl (C=O) groups excluding carboxylic acids is 3. The second kappa shape index (κ2) is 11.0. The largest absolute Gasteiger partial charge is 0.456 e. The Morgan fingerprint density at radius 3 is 2.32 bits per heavy atom. The molecular weight excluding hydrogens is 471 g/mol. The van der Waals surface area contributed by atoms with Gasteiger partial charge in [-0.15, -0.1) is 0 Å². The molecule has 0 bridgehead atoms. The first-order valence-corrected chi connectivity index (χ1v) is 9.84. The molecule has 28 heavy (non-hydrogen) atoms. The number of anilines is 2. The van der Waals surface area contributed by atoms with Crippen molar-refractivity contribution in [3.63, 3.8) is 0 Å². The average molecular weight is 488 g/mol. The molecule has 2 N–H and O–H groups in total. The number of benzene rings is 2. The maximum absolute atomic E-state index is 11.8. The molecule has 0 radical (unpaired) electrons. The van der Waals surface area contributed by atoms with E-state index < -0.39 is 18.5 Å². The minimum Gasteiger partial charge on any atom is -0.456 e. The standard InChI is InChI=1S/C19H17BrCl2N2O4/c20-12-4-9-16(15(22)10-12)24-18(26)11-28-19(27)3-1-2-17(25)23-14-7-5-13(21)6-8-14/h4-10H,1-3,11H2,(H,23,25)(H,24,26). The highest BCUT2D eigenvalue weighted by atomic mass is 79.9. The summed E-state index contributed by atoms with van der Waals surface area (Å²) < 4.78 is 5.68. The maximum Gasteiger partial charge on any atom is 0.306 e. The van der Waals surface area contributed by atoms with Gasteiger partial charge in [-0.2, -0.15) is 0 Å². The summed E-state index contributed by atoms with van der Waals surface area (Å²) in [7, 11) is 0. The maximum atomic E-state index is 11.8. The van der Waals surface area contributed by atoms with Gasteiger partial charge in [0.05, 0.1) is 10.7 Å². The van der Waals surface area contributed by atoms with Crippen LogP contribution in [0.5, 0.6) is 0 Å². The lowest BCUT2D eigenvalue weighted by Gasteiger charge is -2.08. The van der Waals surface area contributed by atoms with Crippen LogP contribution in [0.15, 0.2) is 46.9 Å². The zero-order valence-corrected chi connectivity index (χ0v) is 17.7. The van der Waals surface area contributed by atoms with E-state index in [1.165, 1.54) is 0 Å². The van der Waals surface area contributed by atoms with Crippen molar-refractivity contribution in [3.05, 3.63) is 57.0 Å². The van der Waals surface area contributed by atoms with Crippen LogP contribution in [0.1, 0.15) is 19.3 Å². The summed E-state index contributed by atoms with van der Waals surface area (Å²) in [5.74, 6) is -1.29. The van der Waals surface area contributed by atoms with Gasteiger partial charge < -0.3 is 15.4 Å². The van der Waals surface area contributed by atoms with E-state index in [1.807, 2.05) is 0 Å². The molecule has 0 atom stereocenters. The van der Waals surface area contributed by atoms with Crippen LogP contribution < -0.4 is 10.6 Å². The van der Waals surface area contributed by atoms with Gasteiger partial charge in [0.2, 0.25) is 5.91 Å². The quantitative estimate of drug-likeness (QED) is 0.510. The number of nitrogens with one attached hydrogen (secondary N) is 2. The number of esters is 1. The summed E-state index contributed by atoms with van der Waals surface area (Å²) in [6, 6.07) is 11.7. The molecule has 0 aliphatic rings. The fourth-order valence-corrected chi connectivity index (χ4v) is 2.99. The summed E-state index contributed by atoms with van der Waals surface area (Å²) >= 11 is 15.0. The topological polar surface area (TPSA) is 84.5 Å². The lowest BCUT2D eigenvalue weighted by molar-refractivity contribution is -0.147. The van der Waals surface area contributed by atoms with Gasteiger partial charge in [-0.1, -0.05) is 39.1 Å². The Labute approximate surface area is 180 Å². The zero-order valence-electron chi connectivity index (χ0n) is 14.6. The van der Waals surface area contributed by atoms with Crippen molar-refractivity contribution in [2.45, 2.75) is 19.3 Å². The minimum absolute atomic E-state index is 0.0281. The van der Waals surface area contributed by atoms with Gasteiger partial charge >= 0.3 is 5.97 Å². The first-order chi connectivity index (χ1) is 13.3. The van der Waals surface area contributed by atoms with Crippen molar-refractivity contribution in [1.82, 2.24) is 0 Å². The van der Waals surface area contributed by atoms with Gasteiger partial charge in [0, 0.05) is 28.0 Å². The van der Waals surface area contributed by atoms with E-state index in [0.717, 1.165) is 4.47 Å². The molecule has 2 aromatic carbocycles. The number of amides is 2. The molecule has 2 aromatic rings. The molecule has 148 valence electrons. The molecule has 0 aliphatic heterocycles. The van der Waals surface area contributed by atoms with Crippen molar-refractivity contribution in [2.75, 3.05) is 17.2 Å². The lowest BCUT2D eigenvalue weighted by atomic mass is 10.2. The van der Waals surface area contributed by atoms with E-state index in [4.69, 9.17) is 27.9 Å². The molecule has 9 heteroatoms. The van der Waals surface area contributed by atoms with Crippen molar-refractivity contribution in [2.24, 2.45) is 0 Å². The second-order valence-corrected chi connectivity index (χ2v) is 7.50. The van der Waals surface area contributed by atoms with E-state index in [0.29, 0.717) is 27.8 Å². The Kier molecular flexibility index (Phi) is 8.76. The van der Waals surface area contributed by atoms with Crippen LogP contribution in [0.3, 0.4) is 0 Å². The molecule has 0 unspecified atom stereocenters. The van der Waals surface area contributed by atoms with Crippen LogP contribution in [0.25, 0.3) is 0 Å². The van der Waals surface area contributed by atoms with Gasteiger partial charge in [0.25, 0.3) is 5.91 Å². The molecule has 0 saturated heterocycles. The van der Waals surface area contributed by atoms with E-state index >= 15 is 0 Å². The van der Waals surface area contributed by atoms with Gasteiger partial charge in [-0.25, -0.2) is 0 Å². The summed E-state index contributed by atoms with van der Waals surface area (Å²) in [5, 5.41) is 6.19. The van der Waals surface area contributed by atoms with Gasteiger partial charge in [-0.3, -0.25) is 14.4 Å². The Bertz CT molecular complexity index is 860. The van der Waals surface area contributed by atoms with Crippen LogP contribution in [-0.2, 0) is 19.1 Å². The second-order valence-electron chi connectivity index (χ2n) is 5.74. The van der Waals surface area contributed by atoms with Gasteiger partial charge in [0.1, 0.15) is 0 Å². The Morgan fingerprint density at radius 2 is 1.64 bits per heavy atom. The lowest BCUT2D eigenvalue weighted by Crippen LogP contribution is -2.21. The number of rotatable bonds is 8. The number of halogens is 3. The van der Waals surface area contributed by atoms with Crippen molar-refractivity contribution >= 4 is 68.3 Å². The molecular formula is C19H17BrCl2N2O4. The predicted octanol–water partition coefficient (Wildman–Crippen LogP) is 5.05. The van der Waals surface area contributed by atoms with Crippen molar-refractivity contribution in [1.29, 1.82) is 0 Å². The normalized spacial score (nSPS) is 10.2. The molecule has 0 aliphatic carbocycles. The molecule has 0 aromatic heterocycles. The highest BCUT2D eigenvalue weighted by molar-refractivity contribution is 9.10. The monoisotopic (exact) mass is 486 g/mol. The molecule has 0 saturated carbocycles. The molecule has 6 nitrogen and oxygen atoms in total. The van der Waals surface area contributed by atoms with Crippen LogP contribution in [0, 0.1) is 0 Å². The molecule has 2 amide bonds. The van der Waals surface area contributed by atoms with E-state index in [9.17, 15) is 14.4 Å². The van der Waals surface area contributed by atoms with E-state index in [2.05, 4.69) is 26.6 Å². The average Bonchev–Trinajstić information content (AvgIpc) is 2.64.